The smallest absolute Gasteiger partial charge is 0.0431 e. The van der Waals surface area contributed by atoms with E-state index >= 15 is 0 Å². The first-order chi connectivity index (χ1) is 8.81. The second-order valence-corrected chi connectivity index (χ2v) is 5.18. The van der Waals surface area contributed by atoms with Crippen molar-refractivity contribution in [3.63, 3.8) is 0 Å². The molecule has 1 aromatic rings. The van der Waals surface area contributed by atoms with E-state index in [2.05, 4.69) is 17.0 Å². The molecule has 3 N–H and O–H groups in total. The zero-order valence-corrected chi connectivity index (χ0v) is 11.0. The Morgan fingerprint density at radius 2 is 1.94 bits per heavy atom. The van der Waals surface area contributed by atoms with Crippen molar-refractivity contribution in [3.8, 4) is 0 Å². The number of nitrogens with two attached hydrogens (primary N) is 1. The number of aliphatic hydroxyl groups is 1. The zero-order chi connectivity index (χ0) is 12.8. The van der Waals surface area contributed by atoms with Crippen LogP contribution in [0.25, 0.3) is 0 Å². The van der Waals surface area contributed by atoms with Gasteiger partial charge in [-0.15, -0.1) is 0 Å². The lowest BCUT2D eigenvalue weighted by molar-refractivity contribution is 0.239. The third kappa shape index (κ3) is 4.00. The van der Waals surface area contributed by atoms with E-state index in [1.54, 1.807) is 0 Å². The Balaban J connectivity index is 1.84. The predicted molar refractivity (Wildman–Crippen MR) is 75.2 cm³/mol. The van der Waals surface area contributed by atoms with Gasteiger partial charge in [-0.2, -0.15) is 0 Å². The van der Waals surface area contributed by atoms with Gasteiger partial charge in [0.15, 0.2) is 0 Å². The summed E-state index contributed by atoms with van der Waals surface area (Å²) in [6.07, 6.45) is 5.86. The van der Waals surface area contributed by atoms with E-state index in [1.807, 2.05) is 12.1 Å². The number of nitrogens with zero attached hydrogens (tertiary/aromatic N) is 1. The topological polar surface area (TPSA) is 49.5 Å². The summed E-state index contributed by atoms with van der Waals surface area (Å²) < 4.78 is 0. The van der Waals surface area contributed by atoms with Gasteiger partial charge in [0.1, 0.15) is 0 Å². The molecule has 0 unspecified atom stereocenters. The molecule has 3 nitrogen and oxygen atoms in total. The largest absolute Gasteiger partial charge is 0.398 e. The number of para-hydroxylation sites is 1. The van der Waals surface area contributed by atoms with Crippen LogP contribution in [0.15, 0.2) is 24.3 Å². The third-order valence-corrected chi connectivity index (χ3v) is 3.60. The molecule has 3 heteroatoms. The molecule has 1 saturated carbocycles. The van der Waals surface area contributed by atoms with E-state index in [1.165, 1.54) is 24.8 Å². The Morgan fingerprint density at radius 3 is 2.61 bits per heavy atom. The number of nitrogen functional groups attached to an aromatic ring is 1. The lowest BCUT2D eigenvalue weighted by Crippen LogP contribution is -2.27. The van der Waals surface area contributed by atoms with E-state index in [-0.39, 0.29) is 0 Å². The number of anilines is 1. The highest BCUT2D eigenvalue weighted by Gasteiger charge is 2.28. The summed E-state index contributed by atoms with van der Waals surface area (Å²) in [5.74, 6) is 0. The first-order valence-electron chi connectivity index (χ1n) is 6.99. The van der Waals surface area contributed by atoms with Crippen LogP contribution in [0.4, 0.5) is 5.69 Å². The maximum Gasteiger partial charge on any atom is 0.0431 e. The van der Waals surface area contributed by atoms with Crippen LogP contribution < -0.4 is 5.73 Å². The van der Waals surface area contributed by atoms with Crippen molar-refractivity contribution in [3.05, 3.63) is 29.8 Å². The molecular formula is C15H24N2O. The summed E-state index contributed by atoms with van der Waals surface area (Å²) in [5, 5.41) is 8.79. The van der Waals surface area contributed by atoms with Crippen molar-refractivity contribution in [1.82, 2.24) is 4.90 Å². The Labute approximate surface area is 110 Å². The summed E-state index contributed by atoms with van der Waals surface area (Å²) in [4.78, 5) is 2.54. The fourth-order valence-electron chi connectivity index (χ4n) is 2.33. The number of unbranched alkanes of at least 4 members (excludes halogenated alkanes) is 2. The lowest BCUT2D eigenvalue weighted by Gasteiger charge is -2.22. The van der Waals surface area contributed by atoms with Crippen LogP contribution in [-0.2, 0) is 6.54 Å². The number of hydrogen-bond donors (Lipinski definition) is 2. The van der Waals surface area contributed by atoms with Crippen LogP contribution in [0.1, 0.15) is 37.7 Å². The molecule has 0 aromatic heterocycles. The molecule has 0 radical (unpaired) electrons. The Kier molecular flexibility index (Phi) is 5.02. The van der Waals surface area contributed by atoms with Gasteiger partial charge < -0.3 is 10.8 Å². The fourth-order valence-corrected chi connectivity index (χ4v) is 2.33. The van der Waals surface area contributed by atoms with Gasteiger partial charge in [0, 0.05) is 24.9 Å². The normalized spacial score (nSPS) is 15.2. The van der Waals surface area contributed by atoms with Crippen molar-refractivity contribution < 1.29 is 5.11 Å². The van der Waals surface area contributed by atoms with Crippen LogP contribution in [0.5, 0.6) is 0 Å². The number of aliphatic hydroxyl groups excluding tert-OH is 1. The number of benzene rings is 1. The van der Waals surface area contributed by atoms with Crippen molar-refractivity contribution in [2.75, 3.05) is 18.9 Å². The fraction of sp³-hybridized carbons (Fsp3) is 0.600. The number of hydrogen-bond acceptors (Lipinski definition) is 3. The monoisotopic (exact) mass is 248 g/mol. The highest BCUT2D eigenvalue weighted by atomic mass is 16.2. The first-order valence-corrected chi connectivity index (χ1v) is 6.99. The lowest BCUT2D eigenvalue weighted by atomic mass is 10.1. The van der Waals surface area contributed by atoms with Crippen molar-refractivity contribution in [1.29, 1.82) is 0 Å². The first kappa shape index (κ1) is 13.4. The summed E-state index contributed by atoms with van der Waals surface area (Å²) in [7, 11) is 0. The quantitative estimate of drug-likeness (QED) is 0.548. The van der Waals surface area contributed by atoms with Gasteiger partial charge in [0.05, 0.1) is 0 Å². The van der Waals surface area contributed by atoms with Crippen molar-refractivity contribution in [2.24, 2.45) is 0 Å². The van der Waals surface area contributed by atoms with Gasteiger partial charge in [0.2, 0.25) is 0 Å². The molecule has 0 heterocycles. The molecule has 0 bridgehead atoms. The standard InChI is InChI=1S/C15H24N2O/c16-15-7-3-2-6-13(15)12-17(14-8-9-14)10-4-1-5-11-18/h2-3,6-7,14,18H,1,4-5,8-12,16H2. The molecule has 1 aromatic carbocycles. The molecule has 1 fully saturated rings. The molecule has 100 valence electrons. The van der Waals surface area contributed by atoms with E-state index in [9.17, 15) is 0 Å². The Morgan fingerprint density at radius 1 is 1.17 bits per heavy atom. The molecule has 0 atom stereocenters. The molecule has 0 aliphatic heterocycles. The summed E-state index contributed by atoms with van der Waals surface area (Å²) in [6, 6.07) is 8.91. The average Bonchev–Trinajstić information content (AvgIpc) is 3.20. The molecule has 0 spiro atoms. The SMILES string of the molecule is Nc1ccccc1CN(CCCCCO)C1CC1. The van der Waals surface area contributed by atoms with Crippen LogP contribution in [0.2, 0.25) is 0 Å². The molecule has 0 saturated heterocycles. The minimum Gasteiger partial charge on any atom is -0.398 e. The van der Waals surface area contributed by atoms with Gasteiger partial charge in [-0.1, -0.05) is 18.2 Å². The van der Waals surface area contributed by atoms with Crippen LogP contribution in [-0.4, -0.2) is 29.2 Å². The van der Waals surface area contributed by atoms with E-state index < -0.39 is 0 Å². The van der Waals surface area contributed by atoms with Crippen LogP contribution in [0, 0.1) is 0 Å². The third-order valence-electron chi connectivity index (χ3n) is 3.60. The molecule has 2 rings (SSSR count). The number of rotatable bonds is 8. The van der Waals surface area contributed by atoms with Crippen LogP contribution >= 0.6 is 0 Å². The highest BCUT2D eigenvalue weighted by molar-refractivity contribution is 5.46. The van der Waals surface area contributed by atoms with E-state index in [0.717, 1.165) is 37.7 Å². The zero-order valence-electron chi connectivity index (χ0n) is 11.0. The van der Waals surface area contributed by atoms with Gasteiger partial charge in [-0.05, 0) is 50.3 Å². The molecule has 1 aliphatic carbocycles. The Bertz CT molecular complexity index is 363. The van der Waals surface area contributed by atoms with Crippen molar-refractivity contribution in [2.45, 2.75) is 44.7 Å². The molecular weight excluding hydrogens is 224 g/mol. The van der Waals surface area contributed by atoms with Gasteiger partial charge in [-0.3, -0.25) is 4.90 Å². The maximum absolute atomic E-state index is 8.79. The molecule has 18 heavy (non-hydrogen) atoms. The molecule has 0 amide bonds. The summed E-state index contributed by atoms with van der Waals surface area (Å²) in [5.41, 5.74) is 8.15. The van der Waals surface area contributed by atoms with Gasteiger partial charge in [-0.25, -0.2) is 0 Å². The predicted octanol–water partition coefficient (Wildman–Crippen LogP) is 2.40. The minimum absolute atomic E-state index is 0.315. The van der Waals surface area contributed by atoms with Gasteiger partial charge in [0.25, 0.3) is 0 Å². The second kappa shape index (κ2) is 6.76. The summed E-state index contributed by atoms with van der Waals surface area (Å²) in [6.45, 7) is 2.41. The van der Waals surface area contributed by atoms with E-state index in [4.69, 9.17) is 10.8 Å². The second-order valence-electron chi connectivity index (χ2n) is 5.18. The van der Waals surface area contributed by atoms with Gasteiger partial charge >= 0.3 is 0 Å². The van der Waals surface area contributed by atoms with Crippen LogP contribution in [0.3, 0.4) is 0 Å². The minimum atomic E-state index is 0.315. The molecule has 1 aliphatic rings. The van der Waals surface area contributed by atoms with E-state index in [0.29, 0.717) is 6.61 Å². The maximum atomic E-state index is 8.79. The average molecular weight is 248 g/mol. The Hall–Kier alpha value is -1.06. The summed E-state index contributed by atoms with van der Waals surface area (Å²) >= 11 is 0. The highest BCUT2D eigenvalue weighted by Crippen LogP contribution is 2.29. The van der Waals surface area contributed by atoms with Crippen molar-refractivity contribution >= 4 is 5.69 Å².